The summed E-state index contributed by atoms with van der Waals surface area (Å²) >= 11 is 0. The van der Waals surface area contributed by atoms with E-state index in [9.17, 15) is 10.5 Å². The molecule has 0 N–H and O–H groups in total. The van der Waals surface area contributed by atoms with Gasteiger partial charge in [0.15, 0.2) is 11.5 Å². The van der Waals surface area contributed by atoms with Crippen molar-refractivity contribution >= 4 is 22.4 Å². The summed E-state index contributed by atoms with van der Waals surface area (Å²) in [7, 11) is 1.58. The predicted molar refractivity (Wildman–Crippen MR) is 126 cm³/mol. The third-order valence-corrected chi connectivity index (χ3v) is 5.20. The molecule has 0 atom stereocenters. The monoisotopic (exact) mass is 416 g/mol. The highest BCUT2D eigenvalue weighted by Crippen LogP contribution is 2.31. The molecule has 0 amide bonds. The van der Waals surface area contributed by atoms with Crippen molar-refractivity contribution in [3.05, 3.63) is 107 Å². The van der Waals surface area contributed by atoms with Gasteiger partial charge in [0.05, 0.1) is 30.4 Å². The zero-order chi connectivity index (χ0) is 22.3. The Labute approximate surface area is 187 Å². The lowest BCUT2D eigenvalue weighted by Gasteiger charge is -2.12. The number of nitrogens with zero attached hydrogens (tertiary/aromatic N) is 2. The first-order valence-electron chi connectivity index (χ1n) is 10.1. The van der Waals surface area contributed by atoms with E-state index in [2.05, 4.69) is 12.1 Å². The molecule has 32 heavy (non-hydrogen) atoms. The van der Waals surface area contributed by atoms with Crippen molar-refractivity contribution < 1.29 is 9.47 Å². The van der Waals surface area contributed by atoms with Gasteiger partial charge in [-0.15, -0.1) is 0 Å². The first-order valence-corrected chi connectivity index (χ1v) is 10.1. The molecule has 0 saturated heterocycles. The van der Waals surface area contributed by atoms with Gasteiger partial charge in [-0.3, -0.25) is 0 Å². The normalized spacial score (nSPS) is 10.9. The molecule has 4 aromatic rings. The Morgan fingerprint density at radius 1 is 0.844 bits per heavy atom. The van der Waals surface area contributed by atoms with Crippen LogP contribution in [-0.4, -0.2) is 7.11 Å². The third-order valence-electron chi connectivity index (χ3n) is 5.20. The Bertz CT molecular complexity index is 1390. The minimum Gasteiger partial charge on any atom is -0.493 e. The van der Waals surface area contributed by atoms with E-state index in [4.69, 9.17) is 9.47 Å². The fraction of sp³-hybridized carbons (Fsp3) is 0.0714. The maximum atomic E-state index is 9.75. The SMILES string of the molecule is COc1cc(/C=C(/C#N)c2ccc3ccccc3c2)ccc1OCc1ccccc1C#N. The van der Waals surface area contributed by atoms with Gasteiger partial charge in [-0.05, 0) is 52.2 Å². The number of allylic oxidation sites excluding steroid dienone is 1. The molecule has 154 valence electrons. The summed E-state index contributed by atoms with van der Waals surface area (Å²) in [4.78, 5) is 0. The van der Waals surface area contributed by atoms with Crippen LogP contribution in [0.15, 0.2) is 84.9 Å². The van der Waals surface area contributed by atoms with Crippen LogP contribution in [0.3, 0.4) is 0 Å². The summed E-state index contributed by atoms with van der Waals surface area (Å²) in [5.41, 5.74) is 3.65. The lowest BCUT2D eigenvalue weighted by atomic mass is 10.00. The first-order chi connectivity index (χ1) is 15.7. The van der Waals surface area contributed by atoms with E-state index in [1.54, 1.807) is 13.2 Å². The third kappa shape index (κ3) is 4.46. The minimum atomic E-state index is 0.260. The molecule has 0 heterocycles. The van der Waals surface area contributed by atoms with Gasteiger partial charge in [0.25, 0.3) is 0 Å². The maximum Gasteiger partial charge on any atom is 0.161 e. The zero-order valence-electron chi connectivity index (χ0n) is 17.6. The van der Waals surface area contributed by atoms with Crippen molar-refractivity contribution in [2.24, 2.45) is 0 Å². The van der Waals surface area contributed by atoms with E-state index in [0.29, 0.717) is 22.6 Å². The van der Waals surface area contributed by atoms with E-state index in [-0.39, 0.29) is 6.61 Å². The Morgan fingerprint density at radius 3 is 2.41 bits per heavy atom. The summed E-state index contributed by atoms with van der Waals surface area (Å²) in [6.07, 6.45) is 1.83. The molecule has 0 aromatic heterocycles. The smallest absolute Gasteiger partial charge is 0.161 e. The number of nitriles is 2. The molecule has 0 radical (unpaired) electrons. The minimum absolute atomic E-state index is 0.260. The molecule has 0 unspecified atom stereocenters. The van der Waals surface area contributed by atoms with E-state index < -0.39 is 0 Å². The van der Waals surface area contributed by atoms with Gasteiger partial charge in [0.1, 0.15) is 6.61 Å². The van der Waals surface area contributed by atoms with Gasteiger partial charge in [0.2, 0.25) is 0 Å². The maximum absolute atomic E-state index is 9.75. The Hall–Kier alpha value is -4.54. The number of ether oxygens (including phenoxy) is 2. The van der Waals surface area contributed by atoms with Crippen LogP contribution in [0.1, 0.15) is 22.3 Å². The molecular formula is C28H20N2O2. The quantitative estimate of drug-likeness (QED) is 0.271. The van der Waals surface area contributed by atoms with E-state index in [1.807, 2.05) is 84.9 Å². The number of hydrogen-bond acceptors (Lipinski definition) is 4. The highest BCUT2D eigenvalue weighted by Gasteiger charge is 2.09. The summed E-state index contributed by atoms with van der Waals surface area (Å²) in [6.45, 7) is 0.260. The number of benzene rings is 4. The number of hydrogen-bond donors (Lipinski definition) is 0. The van der Waals surface area contributed by atoms with Crippen LogP contribution in [0, 0.1) is 22.7 Å². The second kappa shape index (κ2) is 9.51. The van der Waals surface area contributed by atoms with Gasteiger partial charge >= 0.3 is 0 Å². The first kappa shape index (κ1) is 20.7. The van der Waals surface area contributed by atoms with Crippen LogP contribution in [0.4, 0.5) is 0 Å². The molecule has 4 heteroatoms. The average molecular weight is 416 g/mol. The fourth-order valence-electron chi connectivity index (χ4n) is 3.51. The number of methoxy groups -OCH3 is 1. The number of fused-ring (bicyclic) bond motifs is 1. The zero-order valence-corrected chi connectivity index (χ0v) is 17.6. The van der Waals surface area contributed by atoms with Gasteiger partial charge in [-0.1, -0.05) is 60.7 Å². The molecule has 0 spiro atoms. The van der Waals surface area contributed by atoms with Crippen molar-refractivity contribution in [2.45, 2.75) is 6.61 Å². The molecule has 0 aliphatic heterocycles. The van der Waals surface area contributed by atoms with Crippen LogP contribution < -0.4 is 9.47 Å². The lowest BCUT2D eigenvalue weighted by molar-refractivity contribution is 0.284. The highest BCUT2D eigenvalue weighted by molar-refractivity contribution is 5.94. The predicted octanol–water partition coefficient (Wildman–Crippen LogP) is 6.36. The summed E-state index contributed by atoms with van der Waals surface area (Å²) in [5, 5.41) is 21.2. The van der Waals surface area contributed by atoms with Crippen LogP contribution in [0.5, 0.6) is 11.5 Å². The van der Waals surface area contributed by atoms with Crippen LogP contribution >= 0.6 is 0 Å². The largest absolute Gasteiger partial charge is 0.493 e. The standard InChI is InChI=1S/C28H20N2O2/c1-31-28-15-20(10-13-27(28)32-19-25-9-5-4-8-24(25)17-29)14-26(18-30)23-12-11-21-6-2-3-7-22(21)16-23/h2-16H,19H2,1H3/b26-14-. The molecule has 0 fully saturated rings. The van der Waals surface area contributed by atoms with Crippen LogP contribution in [0.25, 0.3) is 22.4 Å². The molecule has 4 nitrogen and oxygen atoms in total. The second-order valence-electron chi connectivity index (χ2n) is 7.20. The Balaban J connectivity index is 1.60. The number of rotatable bonds is 6. The van der Waals surface area contributed by atoms with Crippen molar-refractivity contribution in [3.8, 4) is 23.6 Å². The molecule has 0 saturated carbocycles. The Kier molecular flexibility index (Phi) is 6.16. The van der Waals surface area contributed by atoms with Gasteiger partial charge in [0, 0.05) is 5.56 Å². The summed E-state index contributed by atoms with van der Waals surface area (Å²) < 4.78 is 11.4. The van der Waals surface area contributed by atoms with Crippen molar-refractivity contribution in [3.63, 3.8) is 0 Å². The van der Waals surface area contributed by atoms with Crippen molar-refractivity contribution in [2.75, 3.05) is 7.11 Å². The van der Waals surface area contributed by atoms with Gasteiger partial charge in [-0.25, -0.2) is 0 Å². The highest BCUT2D eigenvalue weighted by atomic mass is 16.5. The van der Waals surface area contributed by atoms with Crippen molar-refractivity contribution in [1.82, 2.24) is 0 Å². The molecule has 4 aromatic carbocycles. The summed E-state index contributed by atoms with van der Waals surface area (Å²) in [6, 6.07) is 31.4. The second-order valence-corrected chi connectivity index (χ2v) is 7.20. The van der Waals surface area contributed by atoms with Crippen LogP contribution in [0.2, 0.25) is 0 Å². The Morgan fingerprint density at radius 2 is 1.62 bits per heavy atom. The van der Waals surface area contributed by atoms with E-state index in [1.165, 1.54) is 0 Å². The average Bonchev–Trinajstić information content (AvgIpc) is 2.86. The molecule has 0 bridgehead atoms. The van der Waals surface area contributed by atoms with Gasteiger partial charge in [-0.2, -0.15) is 10.5 Å². The molecular weight excluding hydrogens is 396 g/mol. The summed E-state index contributed by atoms with van der Waals surface area (Å²) in [5.74, 6) is 1.13. The van der Waals surface area contributed by atoms with E-state index in [0.717, 1.165) is 27.5 Å². The molecule has 0 aliphatic carbocycles. The van der Waals surface area contributed by atoms with Crippen LogP contribution in [-0.2, 0) is 6.61 Å². The fourth-order valence-corrected chi connectivity index (χ4v) is 3.51. The molecule has 0 aliphatic rings. The van der Waals surface area contributed by atoms with Gasteiger partial charge < -0.3 is 9.47 Å². The van der Waals surface area contributed by atoms with E-state index >= 15 is 0 Å². The molecule has 4 rings (SSSR count). The lowest BCUT2D eigenvalue weighted by Crippen LogP contribution is -2.00. The topological polar surface area (TPSA) is 66.0 Å². The van der Waals surface area contributed by atoms with Crippen molar-refractivity contribution in [1.29, 1.82) is 10.5 Å².